The van der Waals surface area contributed by atoms with Gasteiger partial charge >= 0.3 is 0 Å². The van der Waals surface area contributed by atoms with Crippen molar-refractivity contribution in [2.75, 3.05) is 0 Å². The molecule has 4 heteroatoms. The molecule has 1 amide bonds. The van der Waals surface area contributed by atoms with E-state index in [9.17, 15) is 14.0 Å². The second-order valence-corrected chi connectivity index (χ2v) is 2.73. The first-order valence-corrected chi connectivity index (χ1v) is 4.17. The molecule has 1 aromatic carbocycles. The van der Waals surface area contributed by atoms with E-state index in [1.54, 1.807) is 0 Å². The zero-order valence-corrected chi connectivity index (χ0v) is 7.79. The Labute approximate surface area is 86.1 Å². The van der Waals surface area contributed by atoms with Gasteiger partial charge in [0.25, 0.3) is 0 Å². The van der Waals surface area contributed by atoms with E-state index in [2.05, 4.69) is 11.8 Å². The van der Waals surface area contributed by atoms with Gasteiger partial charge in [0.2, 0.25) is 5.91 Å². The third kappa shape index (κ3) is 2.92. The number of rotatable bonds is 2. The van der Waals surface area contributed by atoms with Gasteiger partial charge < -0.3 is 10.5 Å². The van der Waals surface area contributed by atoms with Crippen molar-refractivity contribution in [3.63, 3.8) is 0 Å². The number of nitrogens with two attached hydrogens (primary N) is 1. The van der Waals surface area contributed by atoms with E-state index in [0.717, 1.165) is 12.1 Å². The van der Waals surface area contributed by atoms with Crippen LogP contribution in [0.4, 0.5) is 4.39 Å². The molecule has 0 saturated carbocycles. The molecule has 0 heterocycles. The van der Waals surface area contributed by atoms with Crippen molar-refractivity contribution < 1.29 is 14.0 Å². The number of aldehydes is 1. The van der Waals surface area contributed by atoms with E-state index in [4.69, 9.17) is 5.73 Å². The summed E-state index contributed by atoms with van der Waals surface area (Å²) in [6.07, 6.45) is 0.658. The predicted octanol–water partition coefficient (Wildman–Crippen LogP) is 0.865. The second kappa shape index (κ2) is 4.91. The Morgan fingerprint density at radius 3 is 2.87 bits per heavy atom. The Hall–Kier alpha value is -2.15. The summed E-state index contributed by atoms with van der Waals surface area (Å²) in [6, 6.07) is 3.51. The van der Waals surface area contributed by atoms with Crippen molar-refractivity contribution in [3.05, 3.63) is 35.1 Å². The highest BCUT2D eigenvalue weighted by molar-refractivity contribution is 5.95. The highest BCUT2D eigenvalue weighted by Crippen LogP contribution is 2.09. The van der Waals surface area contributed by atoms with E-state index in [1.807, 2.05) is 0 Å². The average molecular weight is 205 g/mol. The minimum Gasteiger partial charge on any atom is -0.366 e. The molecule has 2 N–H and O–H groups in total. The fraction of sp³-hybridized carbons (Fsp3) is 0.0909. The maximum atomic E-state index is 12.8. The van der Waals surface area contributed by atoms with Crippen LogP contribution in [0.3, 0.4) is 0 Å². The van der Waals surface area contributed by atoms with Crippen molar-refractivity contribution in [3.8, 4) is 11.8 Å². The van der Waals surface area contributed by atoms with Gasteiger partial charge in [-0.2, -0.15) is 0 Å². The number of amides is 1. The fourth-order valence-electron chi connectivity index (χ4n) is 1.02. The Bertz CT molecular complexity index is 457. The number of carbonyl (C=O) groups excluding carboxylic acids is 2. The van der Waals surface area contributed by atoms with Crippen molar-refractivity contribution in [2.24, 2.45) is 5.73 Å². The van der Waals surface area contributed by atoms with E-state index < -0.39 is 11.7 Å². The minimum atomic E-state index is -0.676. The van der Waals surface area contributed by atoms with Gasteiger partial charge in [0.15, 0.2) is 0 Å². The van der Waals surface area contributed by atoms with Crippen molar-refractivity contribution in [2.45, 2.75) is 6.42 Å². The fourth-order valence-corrected chi connectivity index (χ4v) is 1.02. The summed E-state index contributed by atoms with van der Waals surface area (Å²) < 4.78 is 12.8. The van der Waals surface area contributed by atoms with Crippen LogP contribution in [0.15, 0.2) is 18.2 Å². The van der Waals surface area contributed by atoms with Crippen LogP contribution in [-0.4, -0.2) is 12.2 Å². The van der Waals surface area contributed by atoms with Gasteiger partial charge in [0.05, 0.1) is 12.0 Å². The molecule has 0 unspecified atom stereocenters. The zero-order valence-electron chi connectivity index (χ0n) is 7.79. The molecule has 0 atom stereocenters. The molecule has 0 aliphatic carbocycles. The van der Waals surface area contributed by atoms with Crippen LogP contribution in [0.1, 0.15) is 22.3 Å². The molecule has 1 rings (SSSR count). The van der Waals surface area contributed by atoms with Gasteiger partial charge in [0, 0.05) is 5.56 Å². The number of carbonyl (C=O) groups is 2. The molecule has 76 valence electrons. The first kappa shape index (κ1) is 10.9. The Kier molecular flexibility index (Phi) is 3.58. The molecule has 0 fully saturated rings. The molecular formula is C11H8FNO2. The van der Waals surface area contributed by atoms with Gasteiger partial charge in [-0.3, -0.25) is 4.79 Å². The summed E-state index contributed by atoms with van der Waals surface area (Å²) in [5.41, 5.74) is 5.42. The lowest BCUT2D eigenvalue weighted by molar-refractivity contribution is -0.107. The first-order chi connectivity index (χ1) is 7.15. The molecule has 15 heavy (non-hydrogen) atoms. The summed E-state index contributed by atoms with van der Waals surface area (Å²) in [7, 11) is 0. The number of halogens is 1. The largest absolute Gasteiger partial charge is 0.366 e. The van der Waals surface area contributed by atoms with E-state index in [-0.39, 0.29) is 17.5 Å². The molecule has 0 bridgehead atoms. The first-order valence-electron chi connectivity index (χ1n) is 4.17. The maximum Gasteiger partial charge on any atom is 0.249 e. The standard InChI is InChI=1S/C11H8FNO2/c12-9-4-5-10(11(13)15)8(7-9)3-1-2-6-14/h4-7H,2H2,(H2,13,15). The van der Waals surface area contributed by atoms with Crippen molar-refractivity contribution >= 4 is 12.2 Å². The highest BCUT2D eigenvalue weighted by atomic mass is 19.1. The van der Waals surface area contributed by atoms with Crippen LogP contribution in [0.5, 0.6) is 0 Å². The summed E-state index contributed by atoms with van der Waals surface area (Å²) >= 11 is 0. The summed E-state index contributed by atoms with van der Waals surface area (Å²) in [4.78, 5) is 20.9. The number of hydrogen-bond donors (Lipinski definition) is 1. The molecule has 0 spiro atoms. The molecule has 1 aromatic rings. The van der Waals surface area contributed by atoms with E-state index in [1.165, 1.54) is 6.07 Å². The lowest BCUT2D eigenvalue weighted by Crippen LogP contribution is -2.12. The zero-order chi connectivity index (χ0) is 11.3. The Morgan fingerprint density at radius 1 is 1.53 bits per heavy atom. The van der Waals surface area contributed by atoms with Crippen LogP contribution < -0.4 is 5.73 Å². The van der Waals surface area contributed by atoms with Gasteiger partial charge in [-0.1, -0.05) is 11.8 Å². The highest BCUT2D eigenvalue weighted by Gasteiger charge is 2.06. The molecule has 0 aromatic heterocycles. The monoisotopic (exact) mass is 205 g/mol. The summed E-state index contributed by atoms with van der Waals surface area (Å²) in [5, 5.41) is 0. The van der Waals surface area contributed by atoms with Crippen LogP contribution in [0.2, 0.25) is 0 Å². The summed E-state index contributed by atoms with van der Waals surface area (Å²) in [5.74, 6) is 3.82. The van der Waals surface area contributed by atoms with Crippen LogP contribution in [0, 0.1) is 17.7 Å². The lowest BCUT2D eigenvalue weighted by Gasteiger charge is -1.99. The number of primary amides is 1. The van der Waals surface area contributed by atoms with Crippen LogP contribution in [-0.2, 0) is 4.79 Å². The molecular weight excluding hydrogens is 197 g/mol. The third-order valence-electron chi connectivity index (χ3n) is 1.66. The van der Waals surface area contributed by atoms with E-state index in [0.29, 0.717) is 6.29 Å². The molecule has 0 aliphatic rings. The second-order valence-electron chi connectivity index (χ2n) is 2.73. The van der Waals surface area contributed by atoms with Crippen molar-refractivity contribution in [1.82, 2.24) is 0 Å². The Balaban J connectivity index is 3.14. The molecule has 0 saturated heterocycles. The summed E-state index contributed by atoms with van der Waals surface area (Å²) in [6.45, 7) is 0. The lowest BCUT2D eigenvalue weighted by atomic mass is 10.1. The minimum absolute atomic E-state index is 0.0364. The van der Waals surface area contributed by atoms with Gasteiger partial charge in [-0.25, -0.2) is 4.39 Å². The third-order valence-corrected chi connectivity index (χ3v) is 1.66. The van der Waals surface area contributed by atoms with E-state index >= 15 is 0 Å². The SMILES string of the molecule is NC(=O)c1ccc(F)cc1C#CCC=O. The van der Waals surface area contributed by atoms with Crippen LogP contribution in [0.25, 0.3) is 0 Å². The average Bonchev–Trinajstić information content (AvgIpc) is 2.18. The number of hydrogen-bond acceptors (Lipinski definition) is 2. The normalized spacial score (nSPS) is 8.87. The van der Waals surface area contributed by atoms with Gasteiger partial charge in [-0.15, -0.1) is 0 Å². The van der Waals surface area contributed by atoms with Gasteiger partial charge in [0.1, 0.15) is 12.1 Å². The van der Waals surface area contributed by atoms with Crippen molar-refractivity contribution in [1.29, 1.82) is 0 Å². The smallest absolute Gasteiger partial charge is 0.249 e. The Morgan fingerprint density at radius 2 is 2.27 bits per heavy atom. The predicted molar refractivity (Wildman–Crippen MR) is 52.5 cm³/mol. The number of benzene rings is 1. The quantitative estimate of drug-likeness (QED) is 0.575. The molecule has 3 nitrogen and oxygen atoms in total. The topological polar surface area (TPSA) is 60.2 Å². The maximum absolute atomic E-state index is 12.8. The molecule has 0 aliphatic heterocycles. The van der Waals surface area contributed by atoms with Crippen LogP contribution >= 0.6 is 0 Å². The van der Waals surface area contributed by atoms with Gasteiger partial charge in [-0.05, 0) is 18.2 Å². The molecule has 0 radical (unpaired) electrons.